The van der Waals surface area contributed by atoms with Gasteiger partial charge < -0.3 is 0 Å². The third-order valence-electron chi connectivity index (χ3n) is 2.13. The molecule has 2 rings (SSSR count). The van der Waals surface area contributed by atoms with Crippen molar-refractivity contribution in [1.82, 2.24) is 9.97 Å². The summed E-state index contributed by atoms with van der Waals surface area (Å²) in [5, 5.41) is 0. The average molecular weight is 198 g/mol. The summed E-state index contributed by atoms with van der Waals surface area (Å²) in [7, 11) is 0. The molecule has 2 aromatic heterocycles. The molecule has 74 valence electrons. The van der Waals surface area contributed by atoms with Crippen molar-refractivity contribution >= 4 is 5.78 Å². The van der Waals surface area contributed by atoms with Gasteiger partial charge in [0.2, 0.25) is 0 Å². The molecule has 0 aliphatic rings. The molecule has 0 unspecified atom stereocenters. The van der Waals surface area contributed by atoms with Gasteiger partial charge in [0.05, 0.1) is 5.69 Å². The smallest absolute Gasteiger partial charge is 0.161 e. The van der Waals surface area contributed by atoms with E-state index in [1.165, 1.54) is 6.92 Å². The van der Waals surface area contributed by atoms with Gasteiger partial charge in [-0.25, -0.2) is 0 Å². The molecule has 0 saturated heterocycles. The molecule has 2 aromatic rings. The van der Waals surface area contributed by atoms with Gasteiger partial charge in [0.15, 0.2) is 5.78 Å². The molecule has 15 heavy (non-hydrogen) atoms. The van der Waals surface area contributed by atoms with E-state index >= 15 is 0 Å². The largest absolute Gasteiger partial charge is 0.294 e. The van der Waals surface area contributed by atoms with Crippen LogP contribution in [0.4, 0.5) is 0 Å². The van der Waals surface area contributed by atoms with E-state index in [0.717, 1.165) is 11.3 Å². The van der Waals surface area contributed by atoms with Gasteiger partial charge in [-0.15, -0.1) is 0 Å². The van der Waals surface area contributed by atoms with Gasteiger partial charge in [-0.1, -0.05) is 0 Å². The van der Waals surface area contributed by atoms with Crippen molar-refractivity contribution in [3.8, 4) is 11.3 Å². The first-order valence-electron chi connectivity index (χ1n) is 4.65. The first-order chi connectivity index (χ1) is 7.27. The van der Waals surface area contributed by atoms with E-state index in [1.54, 1.807) is 24.7 Å². The van der Waals surface area contributed by atoms with Crippen molar-refractivity contribution in [2.45, 2.75) is 6.92 Å². The molecule has 0 atom stereocenters. The normalized spacial score (nSPS) is 9.93. The standard InChI is InChI=1S/C12H10N2O/c1-9(15)10-4-5-12(14-8-10)11-3-2-6-13-7-11/h2-8H,1H3. The highest BCUT2D eigenvalue weighted by molar-refractivity contribution is 5.93. The first kappa shape index (κ1) is 9.52. The van der Waals surface area contributed by atoms with Crippen LogP contribution in [-0.4, -0.2) is 15.8 Å². The van der Waals surface area contributed by atoms with Gasteiger partial charge >= 0.3 is 0 Å². The van der Waals surface area contributed by atoms with Crippen LogP contribution in [0.15, 0.2) is 42.9 Å². The minimum atomic E-state index is 0.0280. The lowest BCUT2D eigenvalue weighted by atomic mass is 10.1. The Morgan fingerprint density at radius 3 is 2.60 bits per heavy atom. The zero-order valence-electron chi connectivity index (χ0n) is 8.34. The molecule has 0 saturated carbocycles. The van der Waals surface area contributed by atoms with E-state index < -0.39 is 0 Å². The highest BCUT2D eigenvalue weighted by Gasteiger charge is 2.01. The Hall–Kier alpha value is -2.03. The van der Waals surface area contributed by atoms with Crippen molar-refractivity contribution < 1.29 is 4.79 Å². The number of aromatic nitrogens is 2. The molecule has 0 spiro atoms. The molecule has 3 nitrogen and oxygen atoms in total. The van der Waals surface area contributed by atoms with Crippen LogP contribution in [0, 0.1) is 0 Å². The summed E-state index contributed by atoms with van der Waals surface area (Å²) in [4.78, 5) is 19.3. The number of nitrogens with zero attached hydrogens (tertiary/aromatic N) is 2. The summed E-state index contributed by atoms with van der Waals surface area (Å²) < 4.78 is 0. The molecule has 0 bridgehead atoms. The fourth-order valence-electron chi connectivity index (χ4n) is 1.29. The molecule has 0 aliphatic heterocycles. The van der Waals surface area contributed by atoms with E-state index in [2.05, 4.69) is 9.97 Å². The fourth-order valence-corrected chi connectivity index (χ4v) is 1.29. The van der Waals surface area contributed by atoms with Gasteiger partial charge in [-0.2, -0.15) is 0 Å². The van der Waals surface area contributed by atoms with Crippen LogP contribution in [0.5, 0.6) is 0 Å². The van der Waals surface area contributed by atoms with Gasteiger partial charge in [-0.3, -0.25) is 14.8 Å². The summed E-state index contributed by atoms with van der Waals surface area (Å²) in [6.07, 6.45) is 5.05. The average Bonchev–Trinajstić information content (AvgIpc) is 2.30. The van der Waals surface area contributed by atoms with E-state index in [9.17, 15) is 4.79 Å². The maximum absolute atomic E-state index is 11.0. The number of pyridine rings is 2. The molecular weight excluding hydrogens is 188 g/mol. The van der Waals surface area contributed by atoms with Crippen LogP contribution >= 0.6 is 0 Å². The van der Waals surface area contributed by atoms with Crippen LogP contribution in [0.3, 0.4) is 0 Å². The van der Waals surface area contributed by atoms with Gasteiger partial charge in [0, 0.05) is 29.7 Å². The van der Waals surface area contributed by atoms with E-state index in [4.69, 9.17) is 0 Å². The Kier molecular flexibility index (Phi) is 2.54. The maximum Gasteiger partial charge on any atom is 0.161 e. The van der Waals surface area contributed by atoms with Crippen LogP contribution in [0.2, 0.25) is 0 Å². The minimum absolute atomic E-state index is 0.0280. The van der Waals surface area contributed by atoms with Crippen LogP contribution < -0.4 is 0 Å². The third kappa shape index (κ3) is 2.07. The Labute approximate surface area is 87.8 Å². The van der Waals surface area contributed by atoms with Crippen molar-refractivity contribution in [2.75, 3.05) is 0 Å². The lowest BCUT2D eigenvalue weighted by Gasteiger charge is -2.00. The van der Waals surface area contributed by atoms with Crippen molar-refractivity contribution in [3.63, 3.8) is 0 Å². The SMILES string of the molecule is CC(=O)c1ccc(-c2cccnc2)nc1. The molecule has 2 heterocycles. The minimum Gasteiger partial charge on any atom is -0.294 e. The molecule has 0 fully saturated rings. The number of hydrogen-bond acceptors (Lipinski definition) is 3. The molecule has 0 aromatic carbocycles. The predicted molar refractivity (Wildman–Crippen MR) is 57.5 cm³/mol. The fraction of sp³-hybridized carbons (Fsp3) is 0.0833. The molecule has 0 radical (unpaired) electrons. The van der Waals surface area contributed by atoms with Crippen molar-refractivity contribution in [1.29, 1.82) is 0 Å². The molecule has 0 aliphatic carbocycles. The summed E-state index contributed by atoms with van der Waals surface area (Å²) in [6, 6.07) is 7.39. The summed E-state index contributed by atoms with van der Waals surface area (Å²) in [6.45, 7) is 1.53. The maximum atomic E-state index is 11.0. The number of ketones is 1. The first-order valence-corrected chi connectivity index (χ1v) is 4.65. The molecule has 0 N–H and O–H groups in total. The number of carbonyl (C=O) groups excluding carboxylic acids is 1. The Balaban J connectivity index is 2.36. The quantitative estimate of drug-likeness (QED) is 0.695. The van der Waals surface area contributed by atoms with E-state index in [1.807, 2.05) is 18.2 Å². The summed E-state index contributed by atoms with van der Waals surface area (Å²) >= 11 is 0. The number of rotatable bonds is 2. The number of carbonyl (C=O) groups is 1. The second-order valence-electron chi connectivity index (χ2n) is 3.23. The van der Waals surface area contributed by atoms with Crippen LogP contribution in [-0.2, 0) is 0 Å². The molecular formula is C12H10N2O. The second kappa shape index (κ2) is 4.00. The number of hydrogen-bond donors (Lipinski definition) is 0. The van der Waals surface area contributed by atoms with E-state index in [-0.39, 0.29) is 5.78 Å². The molecule has 0 amide bonds. The third-order valence-corrected chi connectivity index (χ3v) is 2.13. The van der Waals surface area contributed by atoms with Crippen molar-refractivity contribution in [2.24, 2.45) is 0 Å². The van der Waals surface area contributed by atoms with Gasteiger partial charge in [0.25, 0.3) is 0 Å². The lowest BCUT2D eigenvalue weighted by Crippen LogP contribution is -1.93. The highest BCUT2D eigenvalue weighted by Crippen LogP contribution is 2.15. The topological polar surface area (TPSA) is 42.9 Å². The Morgan fingerprint density at radius 1 is 1.20 bits per heavy atom. The predicted octanol–water partition coefficient (Wildman–Crippen LogP) is 2.35. The lowest BCUT2D eigenvalue weighted by molar-refractivity contribution is 0.101. The van der Waals surface area contributed by atoms with Gasteiger partial charge in [-0.05, 0) is 31.2 Å². The van der Waals surface area contributed by atoms with Crippen molar-refractivity contribution in [3.05, 3.63) is 48.4 Å². The summed E-state index contributed by atoms with van der Waals surface area (Å²) in [5.41, 5.74) is 2.41. The van der Waals surface area contributed by atoms with Gasteiger partial charge in [0.1, 0.15) is 0 Å². The second-order valence-corrected chi connectivity index (χ2v) is 3.23. The Morgan fingerprint density at radius 2 is 2.07 bits per heavy atom. The summed E-state index contributed by atoms with van der Waals surface area (Å²) in [5.74, 6) is 0.0280. The zero-order valence-corrected chi connectivity index (χ0v) is 8.34. The Bertz CT molecular complexity index is 463. The van der Waals surface area contributed by atoms with E-state index in [0.29, 0.717) is 5.56 Å². The monoisotopic (exact) mass is 198 g/mol. The number of Topliss-reactive ketones (excluding diaryl/α,β-unsaturated/α-hetero) is 1. The highest BCUT2D eigenvalue weighted by atomic mass is 16.1. The zero-order chi connectivity index (χ0) is 10.7. The molecule has 3 heteroatoms. The van der Waals surface area contributed by atoms with Crippen LogP contribution in [0.25, 0.3) is 11.3 Å². The van der Waals surface area contributed by atoms with Crippen LogP contribution in [0.1, 0.15) is 17.3 Å².